The van der Waals surface area contributed by atoms with Gasteiger partial charge in [-0.25, -0.2) is 4.98 Å². The van der Waals surface area contributed by atoms with E-state index in [-0.39, 0.29) is 0 Å². The fourth-order valence-electron chi connectivity index (χ4n) is 3.37. The van der Waals surface area contributed by atoms with E-state index in [2.05, 4.69) is 52.9 Å². The number of aryl methyl sites for hydroxylation is 2. The van der Waals surface area contributed by atoms with Crippen molar-refractivity contribution in [3.05, 3.63) is 66.2 Å². The lowest BCUT2D eigenvalue weighted by molar-refractivity contribution is 0.206. The number of aliphatic hydroxyl groups is 1. The molecule has 0 amide bonds. The molecule has 4 heteroatoms. The first kappa shape index (κ1) is 14.0. The number of rotatable bonds is 3. The molecular formula is C19H19N3O. The maximum Gasteiger partial charge on any atom is 0.142 e. The van der Waals surface area contributed by atoms with Crippen LogP contribution in [0.3, 0.4) is 0 Å². The zero-order chi connectivity index (χ0) is 16.0. The number of fused-ring (bicyclic) bond motifs is 3. The second-order valence-corrected chi connectivity index (χ2v) is 5.84. The van der Waals surface area contributed by atoms with E-state index in [1.165, 1.54) is 21.8 Å². The lowest BCUT2D eigenvalue weighted by atomic mass is 10.0. The molecule has 0 fully saturated rings. The van der Waals surface area contributed by atoms with E-state index in [4.69, 9.17) is 0 Å². The van der Waals surface area contributed by atoms with Gasteiger partial charge in [-0.15, -0.1) is 0 Å². The summed E-state index contributed by atoms with van der Waals surface area (Å²) in [6, 6.07) is 14.6. The van der Waals surface area contributed by atoms with Gasteiger partial charge in [-0.1, -0.05) is 24.3 Å². The highest BCUT2D eigenvalue weighted by Gasteiger charge is 2.17. The van der Waals surface area contributed by atoms with Gasteiger partial charge in [0, 0.05) is 47.8 Å². The number of hydrogen-bond donors (Lipinski definition) is 1. The van der Waals surface area contributed by atoms with Crippen LogP contribution in [0.4, 0.5) is 0 Å². The van der Waals surface area contributed by atoms with Crippen LogP contribution in [0.25, 0.3) is 21.8 Å². The van der Waals surface area contributed by atoms with Gasteiger partial charge in [-0.2, -0.15) is 0 Å². The van der Waals surface area contributed by atoms with Crippen LogP contribution in [0.1, 0.15) is 24.4 Å². The Balaban J connectivity index is 1.94. The molecule has 4 nitrogen and oxygen atoms in total. The van der Waals surface area contributed by atoms with E-state index in [1.54, 1.807) is 6.20 Å². The Hall–Kier alpha value is -2.59. The largest absolute Gasteiger partial charge is 0.380 e. The number of hydrogen-bond acceptors (Lipinski definition) is 2. The summed E-state index contributed by atoms with van der Waals surface area (Å²) in [5.41, 5.74) is 3.30. The molecule has 1 unspecified atom stereocenters. The van der Waals surface area contributed by atoms with Crippen molar-refractivity contribution < 1.29 is 5.11 Å². The third-order valence-electron chi connectivity index (χ3n) is 4.53. The summed E-state index contributed by atoms with van der Waals surface area (Å²) < 4.78 is 4.16. The molecule has 0 aliphatic carbocycles. The highest BCUT2D eigenvalue weighted by atomic mass is 16.3. The Labute approximate surface area is 134 Å². The third-order valence-corrected chi connectivity index (χ3v) is 4.53. The summed E-state index contributed by atoms with van der Waals surface area (Å²) in [6.07, 6.45) is 2.84. The van der Waals surface area contributed by atoms with Crippen LogP contribution in [0.2, 0.25) is 0 Å². The van der Waals surface area contributed by atoms with Crippen LogP contribution in [0.15, 0.2) is 54.9 Å². The molecule has 2 aromatic heterocycles. The monoisotopic (exact) mass is 305 g/mol. The molecule has 0 bridgehead atoms. The summed E-state index contributed by atoms with van der Waals surface area (Å²) in [7, 11) is 1.90. The van der Waals surface area contributed by atoms with E-state index in [9.17, 15) is 5.11 Å². The zero-order valence-electron chi connectivity index (χ0n) is 13.3. The van der Waals surface area contributed by atoms with Gasteiger partial charge in [0.05, 0.1) is 0 Å². The van der Waals surface area contributed by atoms with Crippen molar-refractivity contribution in [2.24, 2.45) is 7.05 Å². The minimum absolute atomic E-state index is 0.656. The molecule has 0 saturated carbocycles. The predicted octanol–water partition coefficient (Wildman–Crippen LogP) is 3.63. The first-order chi connectivity index (χ1) is 11.2. The van der Waals surface area contributed by atoms with Gasteiger partial charge in [-0.3, -0.25) is 0 Å². The van der Waals surface area contributed by atoms with Gasteiger partial charge in [0.25, 0.3) is 0 Å². The Bertz CT molecular complexity index is 996. The van der Waals surface area contributed by atoms with Crippen molar-refractivity contribution in [2.45, 2.75) is 19.6 Å². The van der Waals surface area contributed by atoms with Crippen LogP contribution in [-0.4, -0.2) is 19.2 Å². The Kier molecular flexibility index (Phi) is 3.20. The van der Waals surface area contributed by atoms with Crippen molar-refractivity contribution >= 4 is 21.8 Å². The van der Waals surface area contributed by atoms with Gasteiger partial charge >= 0.3 is 0 Å². The molecule has 0 saturated heterocycles. The number of nitrogens with zero attached hydrogens (tertiary/aromatic N) is 3. The molecule has 0 aliphatic heterocycles. The molecule has 0 aliphatic rings. The van der Waals surface area contributed by atoms with Crippen LogP contribution < -0.4 is 0 Å². The quantitative estimate of drug-likeness (QED) is 0.628. The van der Waals surface area contributed by atoms with Gasteiger partial charge in [0.15, 0.2) is 0 Å². The molecule has 2 heterocycles. The highest BCUT2D eigenvalue weighted by molar-refractivity contribution is 6.08. The number of aromatic nitrogens is 3. The second kappa shape index (κ2) is 5.25. The summed E-state index contributed by atoms with van der Waals surface area (Å²) in [4.78, 5) is 4.26. The normalized spacial score (nSPS) is 13.0. The third kappa shape index (κ3) is 2.06. The van der Waals surface area contributed by atoms with Crippen LogP contribution in [0, 0.1) is 0 Å². The average Bonchev–Trinajstić information content (AvgIpc) is 3.14. The van der Waals surface area contributed by atoms with Crippen molar-refractivity contribution in [3.63, 3.8) is 0 Å². The molecule has 0 radical (unpaired) electrons. The molecule has 1 N–H and O–H groups in total. The molecule has 2 aromatic carbocycles. The van der Waals surface area contributed by atoms with Crippen LogP contribution in [0.5, 0.6) is 0 Å². The maximum atomic E-state index is 10.7. The number of benzene rings is 2. The summed E-state index contributed by atoms with van der Waals surface area (Å²) in [5.74, 6) is 0.656. The van der Waals surface area contributed by atoms with Crippen molar-refractivity contribution in [1.82, 2.24) is 14.1 Å². The van der Waals surface area contributed by atoms with Crippen molar-refractivity contribution in [1.29, 1.82) is 0 Å². The minimum atomic E-state index is -0.719. The SMILES string of the molecule is CCn1c2ccccc2c2cc(C(O)c3nccn3C)ccc21. The standard InChI is InChI=1S/C19H19N3O/c1-3-22-16-7-5-4-6-14(16)15-12-13(8-9-17(15)22)18(23)19-20-10-11-21(19)2/h4-12,18,23H,3H2,1-2H3. The molecule has 4 rings (SSSR count). The van der Waals surface area contributed by atoms with Crippen LogP contribution >= 0.6 is 0 Å². The minimum Gasteiger partial charge on any atom is -0.380 e. The summed E-state index contributed by atoms with van der Waals surface area (Å²) in [5, 5.41) is 13.1. The van der Waals surface area contributed by atoms with E-state index < -0.39 is 6.10 Å². The van der Waals surface area contributed by atoms with Gasteiger partial charge < -0.3 is 14.2 Å². The predicted molar refractivity (Wildman–Crippen MR) is 92.4 cm³/mol. The Morgan fingerprint density at radius 3 is 2.61 bits per heavy atom. The Morgan fingerprint density at radius 1 is 1.09 bits per heavy atom. The molecule has 23 heavy (non-hydrogen) atoms. The summed E-state index contributed by atoms with van der Waals surface area (Å²) in [6.45, 7) is 3.08. The van der Waals surface area contributed by atoms with Crippen LogP contribution in [-0.2, 0) is 13.6 Å². The first-order valence-electron chi connectivity index (χ1n) is 7.87. The highest BCUT2D eigenvalue weighted by Crippen LogP contribution is 2.32. The molecular weight excluding hydrogens is 286 g/mol. The van der Waals surface area contributed by atoms with E-state index >= 15 is 0 Å². The van der Waals surface area contributed by atoms with Crippen molar-refractivity contribution in [2.75, 3.05) is 0 Å². The number of para-hydroxylation sites is 1. The molecule has 4 aromatic rings. The Morgan fingerprint density at radius 2 is 1.87 bits per heavy atom. The first-order valence-corrected chi connectivity index (χ1v) is 7.87. The average molecular weight is 305 g/mol. The zero-order valence-corrected chi connectivity index (χ0v) is 13.3. The molecule has 116 valence electrons. The molecule has 1 atom stereocenters. The maximum absolute atomic E-state index is 10.7. The number of imidazole rings is 1. The summed E-state index contributed by atoms with van der Waals surface area (Å²) >= 11 is 0. The van der Waals surface area contributed by atoms with E-state index in [1.807, 2.05) is 23.9 Å². The van der Waals surface area contributed by atoms with E-state index in [0.29, 0.717) is 5.82 Å². The smallest absolute Gasteiger partial charge is 0.142 e. The van der Waals surface area contributed by atoms with Gasteiger partial charge in [-0.05, 0) is 30.7 Å². The topological polar surface area (TPSA) is 43.0 Å². The fraction of sp³-hybridized carbons (Fsp3) is 0.211. The lowest BCUT2D eigenvalue weighted by Crippen LogP contribution is -2.06. The van der Waals surface area contributed by atoms with Crippen molar-refractivity contribution in [3.8, 4) is 0 Å². The van der Waals surface area contributed by atoms with Gasteiger partial charge in [0.1, 0.15) is 11.9 Å². The fourth-order valence-corrected chi connectivity index (χ4v) is 3.37. The van der Waals surface area contributed by atoms with E-state index in [0.717, 1.165) is 12.1 Å². The number of aliphatic hydroxyl groups excluding tert-OH is 1. The second-order valence-electron chi connectivity index (χ2n) is 5.84. The van der Waals surface area contributed by atoms with Gasteiger partial charge in [0.2, 0.25) is 0 Å². The molecule has 0 spiro atoms. The lowest BCUT2D eigenvalue weighted by Gasteiger charge is -2.11.